The Bertz CT molecular complexity index is 505. The molecule has 0 fully saturated rings. The van der Waals surface area contributed by atoms with Crippen LogP contribution >= 0.6 is 0 Å². The van der Waals surface area contributed by atoms with Crippen molar-refractivity contribution >= 4 is 22.1 Å². The predicted octanol–water partition coefficient (Wildman–Crippen LogP) is 0.432. The van der Waals surface area contributed by atoms with Gasteiger partial charge in [-0.15, -0.1) is 0 Å². The van der Waals surface area contributed by atoms with Crippen LogP contribution in [-0.4, -0.2) is 19.5 Å². The summed E-state index contributed by atoms with van der Waals surface area (Å²) in [5.74, 6) is -1.15. The van der Waals surface area contributed by atoms with Gasteiger partial charge >= 0.3 is 5.97 Å². The van der Waals surface area contributed by atoms with Crippen LogP contribution in [-0.2, 0) is 14.8 Å². The molecule has 0 heterocycles. The van der Waals surface area contributed by atoms with Crippen molar-refractivity contribution in [1.82, 2.24) is 0 Å². The highest BCUT2D eigenvalue weighted by Crippen LogP contribution is 2.14. The van der Waals surface area contributed by atoms with E-state index in [4.69, 9.17) is 10.2 Å². The van der Waals surface area contributed by atoms with E-state index in [2.05, 4.69) is 0 Å². The fourth-order valence-electron chi connectivity index (χ4n) is 1.04. The van der Waals surface area contributed by atoms with E-state index in [0.717, 1.165) is 6.08 Å². The zero-order valence-corrected chi connectivity index (χ0v) is 8.44. The number of primary sulfonamides is 1. The third kappa shape index (κ3) is 3.19. The minimum absolute atomic E-state index is 0.0949. The van der Waals surface area contributed by atoms with Crippen molar-refractivity contribution < 1.29 is 18.3 Å². The molecule has 5 nitrogen and oxygen atoms in total. The van der Waals surface area contributed by atoms with Gasteiger partial charge in [0.2, 0.25) is 10.0 Å². The number of aliphatic carboxylic acids is 1. The maximum Gasteiger partial charge on any atom is 0.328 e. The Kier molecular flexibility index (Phi) is 3.23. The molecule has 15 heavy (non-hydrogen) atoms. The summed E-state index contributed by atoms with van der Waals surface area (Å²) in [5, 5.41) is 13.4. The molecule has 0 atom stereocenters. The van der Waals surface area contributed by atoms with E-state index in [1.807, 2.05) is 0 Å². The molecular formula is C9H9NO4S. The fourth-order valence-corrected chi connectivity index (χ4v) is 1.77. The maximum atomic E-state index is 11.1. The first kappa shape index (κ1) is 11.4. The number of carboxylic acids is 1. The second-order valence-electron chi connectivity index (χ2n) is 2.75. The summed E-state index contributed by atoms with van der Waals surface area (Å²) in [5.41, 5.74) is 0.252. The smallest absolute Gasteiger partial charge is 0.328 e. The lowest BCUT2D eigenvalue weighted by atomic mass is 10.2. The first-order valence-electron chi connectivity index (χ1n) is 3.94. The molecule has 0 radical (unpaired) electrons. The van der Waals surface area contributed by atoms with Crippen molar-refractivity contribution in [3.8, 4) is 0 Å². The summed E-state index contributed by atoms with van der Waals surface area (Å²) in [7, 11) is -3.83. The molecule has 0 saturated carbocycles. The normalized spacial score (nSPS) is 11.8. The number of carbonyl (C=O) groups is 1. The van der Waals surface area contributed by atoms with E-state index in [0.29, 0.717) is 0 Å². The average molecular weight is 227 g/mol. The molecule has 6 heteroatoms. The Labute approximate surface area is 86.9 Å². The molecule has 0 unspecified atom stereocenters. The molecule has 0 bridgehead atoms. The van der Waals surface area contributed by atoms with Crippen LogP contribution in [0.25, 0.3) is 6.08 Å². The molecule has 1 aromatic carbocycles. The topological polar surface area (TPSA) is 97.5 Å². The first-order chi connectivity index (χ1) is 6.91. The van der Waals surface area contributed by atoms with Gasteiger partial charge in [0.1, 0.15) is 0 Å². The Hall–Kier alpha value is -1.66. The third-order valence-corrected chi connectivity index (χ3v) is 2.62. The molecule has 0 aromatic heterocycles. The largest absolute Gasteiger partial charge is 0.478 e. The van der Waals surface area contributed by atoms with Crippen molar-refractivity contribution in [3.05, 3.63) is 35.9 Å². The number of benzene rings is 1. The van der Waals surface area contributed by atoms with Crippen LogP contribution in [0.1, 0.15) is 5.56 Å². The SMILES string of the molecule is NS(=O)(=O)c1ccccc1C=CC(=O)O. The highest BCUT2D eigenvalue weighted by molar-refractivity contribution is 7.89. The molecule has 0 aliphatic carbocycles. The highest BCUT2D eigenvalue weighted by atomic mass is 32.2. The number of carboxylic acid groups (broad SMARTS) is 1. The minimum Gasteiger partial charge on any atom is -0.478 e. The molecule has 0 saturated heterocycles. The first-order valence-corrected chi connectivity index (χ1v) is 5.49. The van der Waals surface area contributed by atoms with E-state index in [9.17, 15) is 13.2 Å². The summed E-state index contributed by atoms with van der Waals surface area (Å²) >= 11 is 0. The summed E-state index contributed by atoms with van der Waals surface area (Å²) in [4.78, 5) is 10.2. The summed E-state index contributed by atoms with van der Waals surface area (Å²) in [6, 6.07) is 5.89. The van der Waals surface area contributed by atoms with Gasteiger partial charge in [0, 0.05) is 6.08 Å². The number of rotatable bonds is 3. The van der Waals surface area contributed by atoms with Crippen molar-refractivity contribution in [3.63, 3.8) is 0 Å². The lowest BCUT2D eigenvalue weighted by Gasteiger charge is -2.01. The van der Waals surface area contributed by atoms with Crippen LogP contribution in [0, 0.1) is 0 Å². The molecule has 0 amide bonds. The standard InChI is InChI=1S/C9H9NO4S/c10-15(13,14)8-4-2-1-3-7(8)5-6-9(11)12/h1-6H,(H,11,12)(H2,10,13,14). The van der Waals surface area contributed by atoms with Crippen LogP contribution in [0.2, 0.25) is 0 Å². The summed E-state index contributed by atoms with van der Waals surface area (Å²) < 4.78 is 22.2. The van der Waals surface area contributed by atoms with Crippen LogP contribution in [0.4, 0.5) is 0 Å². The van der Waals surface area contributed by atoms with Crippen LogP contribution < -0.4 is 5.14 Å². The van der Waals surface area contributed by atoms with Gasteiger partial charge < -0.3 is 5.11 Å². The van der Waals surface area contributed by atoms with Crippen molar-refractivity contribution in [2.75, 3.05) is 0 Å². The van der Waals surface area contributed by atoms with E-state index in [1.165, 1.54) is 24.3 Å². The highest BCUT2D eigenvalue weighted by Gasteiger charge is 2.10. The molecule has 80 valence electrons. The second-order valence-corrected chi connectivity index (χ2v) is 4.28. The number of hydrogen-bond acceptors (Lipinski definition) is 3. The van der Waals surface area contributed by atoms with Gasteiger partial charge in [-0.1, -0.05) is 18.2 Å². The molecule has 0 aliphatic rings. The van der Waals surface area contributed by atoms with Crippen LogP contribution in [0.5, 0.6) is 0 Å². The predicted molar refractivity (Wildman–Crippen MR) is 54.5 cm³/mol. The van der Waals surface area contributed by atoms with Crippen molar-refractivity contribution in [2.45, 2.75) is 4.90 Å². The molecule has 1 aromatic rings. The van der Waals surface area contributed by atoms with Crippen molar-refractivity contribution in [2.24, 2.45) is 5.14 Å². The van der Waals surface area contributed by atoms with Crippen LogP contribution in [0.3, 0.4) is 0 Å². The van der Waals surface area contributed by atoms with Gasteiger partial charge in [-0.25, -0.2) is 18.4 Å². The monoisotopic (exact) mass is 227 g/mol. The van der Waals surface area contributed by atoms with Gasteiger partial charge in [-0.3, -0.25) is 0 Å². The Balaban J connectivity index is 3.25. The molecule has 3 N–H and O–H groups in total. The van der Waals surface area contributed by atoms with Gasteiger partial charge in [-0.2, -0.15) is 0 Å². The van der Waals surface area contributed by atoms with E-state index in [1.54, 1.807) is 6.07 Å². The quantitative estimate of drug-likeness (QED) is 0.732. The summed E-state index contributed by atoms with van der Waals surface area (Å²) in [6.45, 7) is 0. The Morgan fingerprint density at radius 3 is 2.47 bits per heavy atom. The third-order valence-electron chi connectivity index (χ3n) is 1.63. The van der Waals surface area contributed by atoms with E-state index in [-0.39, 0.29) is 10.5 Å². The van der Waals surface area contributed by atoms with E-state index < -0.39 is 16.0 Å². The van der Waals surface area contributed by atoms with Gasteiger partial charge in [0.15, 0.2) is 0 Å². The maximum absolute atomic E-state index is 11.1. The second kappa shape index (κ2) is 4.24. The van der Waals surface area contributed by atoms with Gasteiger partial charge in [-0.05, 0) is 17.7 Å². The van der Waals surface area contributed by atoms with Gasteiger partial charge in [0.25, 0.3) is 0 Å². The van der Waals surface area contributed by atoms with E-state index >= 15 is 0 Å². The molecular weight excluding hydrogens is 218 g/mol. The lowest BCUT2D eigenvalue weighted by Crippen LogP contribution is -2.13. The summed E-state index contributed by atoms with van der Waals surface area (Å²) in [6.07, 6.45) is 2.03. The lowest BCUT2D eigenvalue weighted by molar-refractivity contribution is -0.131. The molecule has 0 spiro atoms. The minimum atomic E-state index is -3.83. The van der Waals surface area contributed by atoms with Crippen LogP contribution in [0.15, 0.2) is 35.2 Å². The zero-order chi connectivity index (χ0) is 11.5. The zero-order valence-electron chi connectivity index (χ0n) is 7.62. The number of nitrogens with two attached hydrogens (primary N) is 1. The Morgan fingerprint density at radius 1 is 1.33 bits per heavy atom. The number of sulfonamides is 1. The Morgan fingerprint density at radius 2 is 1.93 bits per heavy atom. The number of hydrogen-bond donors (Lipinski definition) is 2. The molecule has 0 aliphatic heterocycles. The van der Waals surface area contributed by atoms with Crippen molar-refractivity contribution in [1.29, 1.82) is 0 Å². The van der Waals surface area contributed by atoms with Gasteiger partial charge in [0.05, 0.1) is 4.90 Å². The fraction of sp³-hybridized carbons (Fsp3) is 0. The molecule has 1 rings (SSSR count). The average Bonchev–Trinajstić information content (AvgIpc) is 2.13.